The van der Waals surface area contributed by atoms with Gasteiger partial charge in [0.15, 0.2) is 0 Å². The Hall–Kier alpha value is -1.08. The van der Waals surface area contributed by atoms with Gasteiger partial charge in [-0.05, 0) is 22.0 Å². The maximum atomic E-state index is 10.6. The lowest BCUT2D eigenvalue weighted by molar-refractivity contribution is 0.0698. The number of hydrogen-bond acceptors (Lipinski definition) is 3. The molecule has 1 heterocycles. The second-order valence-electron chi connectivity index (χ2n) is 2.09. The maximum absolute atomic E-state index is 10.6. The molecule has 1 rings (SSSR count). The number of carbonyl (C=O) groups is 2. The third-order valence-electron chi connectivity index (χ3n) is 1.17. The van der Waals surface area contributed by atoms with Crippen LogP contribution in [0, 0.1) is 0 Å². The van der Waals surface area contributed by atoms with Gasteiger partial charge in [-0.1, -0.05) is 0 Å². The van der Waals surface area contributed by atoms with Gasteiger partial charge in [-0.25, -0.2) is 9.59 Å². The molecule has 4 N–H and O–H groups in total. The van der Waals surface area contributed by atoms with Crippen LogP contribution in [0.4, 0.5) is 9.80 Å². The summed E-state index contributed by atoms with van der Waals surface area (Å²) in [4.78, 5) is 21.1. The van der Waals surface area contributed by atoms with Crippen molar-refractivity contribution >= 4 is 44.3 Å². The first-order valence-corrected chi connectivity index (χ1v) is 4.70. The quantitative estimate of drug-likeness (QED) is 0.759. The number of halogens is 1. The van der Waals surface area contributed by atoms with Gasteiger partial charge in [0.25, 0.3) is 0 Å². The number of carbonyl (C=O) groups excluding carboxylic acids is 1. The van der Waals surface area contributed by atoms with Crippen molar-refractivity contribution in [2.45, 2.75) is 0 Å². The minimum Gasteiger partial charge on any atom is -0.478 e. The molecule has 0 aliphatic carbocycles. The molecule has 0 aromatic carbocycles. The van der Waals surface area contributed by atoms with Gasteiger partial charge in [0.2, 0.25) is 0 Å². The molecule has 0 aliphatic heterocycles. The predicted octanol–water partition coefficient (Wildman–Crippen LogP) is 1.70. The number of nitrogens with two attached hydrogens (primary N) is 1. The van der Waals surface area contributed by atoms with E-state index in [1.165, 1.54) is 6.07 Å². The molecule has 7 heteroatoms. The van der Waals surface area contributed by atoms with E-state index in [-0.39, 0.29) is 10.6 Å². The van der Waals surface area contributed by atoms with Crippen LogP contribution in [0.25, 0.3) is 0 Å². The highest BCUT2D eigenvalue weighted by atomic mass is 79.9. The summed E-state index contributed by atoms with van der Waals surface area (Å²) in [6.45, 7) is 0. The van der Waals surface area contributed by atoms with Crippen molar-refractivity contribution in [3.63, 3.8) is 0 Å². The zero-order valence-electron chi connectivity index (χ0n) is 6.20. The first-order chi connectivity index (χ1) is 6.00. The van der Waals surface area contributed by atoms with Crippen molar-refractivity contribution in [2.24, 2.45) is 5.73 Å². The lowest BCUT2D eigenvalue weighted by Gasteiger charge is -1.97. The number of urea groups is 1. The fourth-order valence-electron chi connectivity index (χ4n) is 0.725. The monoisotopic (exact) mass is 264 g/mol. The molecule has 0 bridgehead atoms. The first kappa shape index (κ1) is 10.0. The summed E-state index contributed by atoms with van der Waals surface area (Å²) in [6, 6.07) is 0.620. The first-order valence-electron chi connectivity index (χ1n) is 3.10. The van der Waals surface area contributed by atoms with E-state index in [1.54, 1.807) is 0 Å². The Morgan fingerprint density at radius 1 is 1.62 bits per heavy atom. The number of amides is 2. The van der Waals surface area contributed by atoms with Crippen molar-refractivity contribution in [3.05, 3.63) is 15.4 Å². The van der Waals surface area contributed by atoms with Gasteiger partial charge in [0, 0.05) is 0 Å². The number of hydrogen-bond donors (Lipinski definition) is 3. The highest BCUT2D eigenvalue weighted by molar-refractivity contribution is 9.11. The molecule has 0 fully saturated rings. The molecule has 0 unspecified atom stereocenters. The average molecular weight is 265 g/mol. The number of anilines is 1. The van der Waals surface area contributed by atoms with E-state index in [0.29, 0.717) is 3.79 Å². The molecular formula is C6H5BrN2O3S. The van der Waals surface area contributed by atoms with Crippen LogP contribution in [0.3, 0.4) is 0 Å². The predicted molar refractivity (Wildman–Crippen MR) is 52.2 cm³/mol. The van der Waals surface area contributed by atoms with Crippen LogP contribution >= 0.6 is 27.3 Å². The number of nitrogens with one attached hydrogen (secondary N) is 1. The lowest BCUT2D eigenvalue weighted by Crippen LogP contribution is -2.19. The summed E-state index contributed by atoms with van der Waals surface area (Å²) in [6.07, 6.45) is 0. The Bertz CT molecular complexity index is 363. The average Bonchev–Trinajstić information content (AvgIpc) is 2.29. The number of primary amides is 1. The Labute approximate surface area is 85.7 Å². The summed E-state index contributed by atoms with van der Waals surface area (Å²) in [7, 11) is 0. The standard InChI is InChI=1S/C6H5BrN2O3S/c7-3-1-2(5(10)11)4(13-3)9-6(8)12/h1H,(H,10,11)(H3,8,9,12). The van der Waals surface area contributed by atoms with Crippen molar-refractivity contribution in [2.75, 3.05) is 5.32 Å². The Kier molecular flexibility index (Phi) is 2.89. The molecule has 0 radical (unpaired) electrons. The maximum Gasteiger partial charge on any atom is 0.338 e. The SMILES string of the molecule is NC(=O)Nc1sc(Br)cc1C(=O)O. The fraction of sp³-hybridized carbons (Fsp3) is 0. The molecule has 2 amide bonds. The van der Waals surface area contributed by atoms with E-state index < -0.39 is 12.0 Å². The molecule has 1 aromatic heterocycles. The van der Waals surface area contributed by atoms with Crippen molar-refractivity contribution in [3.8, 4) is 0 Å². The molecule has 13 heavy (non-hydrogen) atoms. The molecule has 0 spiro atoms. The van der Waals surface area contributed by atoms with Gasteiger partial charge < -0.3 is 10.8 Å². The summed E-state index contributed by atoms with van der Waals surface area (Å²) in [5.74, 6) is -1.11. The number of thiophene rings is 1. The van der Waals surface area contributed by atoms with Gasteiger partial charge in [-0.15, -0.1) is 11.3 Å². The van der Waals surface area contributed by atoms with E-state index in [4.69, 9.17) is 10.8 Å². The zero-order valence-corrected chi connectivity index (χ0v) is 8.61. The Morgan fingerprint density at radius 2 is 2.23 bits per heavy atom. The van der Waals surface area contributed by atoms with Crippen LogP contribution in [0.1, 0.15) is 10.4 Å². The van der Waals surface area contributed by atoms with Gasteiger partial charge in [0.05, 0.1) is 9.35 Å². The van der Waals surface area contributed by atoms with Crippen LogP contribution in [-0.2, 0) is 0 Å². The van der Waals surface area contributed by atoms with E-state index in [9.17, 15) is 9.59 Å². The van der Waals surface area contributed by atoms with E-state index in [2.05, 4.69) is 21.2 Å². The molecule has 70 valence electrons. The molecule has 5 nitrogen and oxygen atoms in total. The number of rotatable bonds is 2. The van der Waals surface area contributed by atoms with Gasteiger partial charge >= 0.3 is 12.0 Å². The summed E-state index contributed by atoms with van der Waals surface area (Å²) in [5, 5.41) is 11.1. The molecule has 0 saturated carbocycles. The Morgan fingerprint density at radius 3 is 2.69 bits per heavy atom. The van der Waals surface area contributed by atoms with Crippen molar-refractivity contribution in [1.82, 2.24) is 0 Å². The number of carboxylic acids is 1. The second kappa shape index (κ2) is 3.75. The normalized spacial score (nSPS) is 9.62. The third kappa shape index (κ3) is 2.43. The highest BCUT2D eigenvalue weighted by Crippen LogP contribution is 2.31. The van der Waals surface area contributed by atoms with Crippen molar-refractivity contribution < 1.29 is 14.7 Å². The Balaban J connectivity index is 3.04. The van der Waals surface area contributed by atoms with Crippen LogP contribution in [0.15, 0.2) is 9.85 Å². The van der Waals surface area contributed by atoms with E-state index in [0.717, 1.165) is 11.3 Å². The molecule has 1 aromatic rings. The van der Waals surface area contributed by atoms with Gasteiger partial charge in [0.1, 0.15) is 5.00 Å². The zero-order chi connectivity index (χ0) is 10.0. The third-order valence-corrected chi connectivity index (χ3v) is 2.72. The van der Waals surface area contributed by atoms with Crippen LogP contribution in [0.2, 0.25) is 0 Å². The van der Waals surface area contributed by atoms with Crippen LogP contribution < -0.4 is 11.1 Å². The molecule has 0 aliphatic rings. The van der Waals surface area contributed by atoms with E-state index >= 15 is 0 Å². The fourth-order valence-corrected chi connectivity index (χ4v) is 2.22. The largest absolute Gasteiger partial charge is 0.478 e. The smallest absolute Gasteiger partial charge is 0.338 e. The lowest BCUT2D eigenvalue weighted by atomic mass is 10.3. The summed E-state index contributed by atoms with van der Waals surface area (Å²) in [5.41, 5.74) is 4.87. The molecular weight excluding hydrogens is 260 g/mol. The van der Waals surface area contributed by atoms with E-state index in [1.807, 2.05) is 0 Å². The highest BCUT2D eigenvalue weighted by Gasteiger charge is 2.14. The molecule has 0 saturated heterocycles. The minimum atomic E-state index is -1.11. The van der Waals surface area contributed by atoms with Crippen LogP contribution in [0.5, 0.6) is 0 Å². The second-order valence-corrected chi connectivity index (χ2v) is 4.52. The summed E-state index contributed by atoms with van der Waals surface area (Å²) >= 11 is 4.20. The summed E-state index contributed by atoms with van der Waals surface area (Å²) < 4.78 is 0.619. The van der Waals surface area contributed by atoms with Crippen molar-refractivity contribution in [1.29, 1.82) is 0 Å². The molecule has 0 atom stereocenters. The van der Waals surface area contributed by atoms with Gasteiger partial charge in [-0.3, -0.25) is 5.32 Å². The minimum absolute atomic E-state index is 0.0238. The number of carboxylic acid groups (broad SMARTS) is 1. The topological polar surface area (TPSA) is 92.4 Å². The van der Waals surface area contributed by atoms with Crippen LogP contribution in [-0.4, -0.2) is 17.1 Å². The van der Waals surface area contributed by atoms with Gasteiger partial charge in [-0.2, -0.15) is 0 Å². The number of aromatic carboxylic acids is 1.